The second-order valence-electron chi connectivity index (χ2n) is 9.83. The van der Waals surface area contributed by atoms with Gasteiger partial charge >= 0.3 is 0 Å². The Labute approximate surface area is 166 Å². The first-order valence-electron chi connectivity index (χ1n) is 10.9. The van der Waals surface area contributed by atoms with Crippen LogP contribution in [0.1, 0.15) is 90.9 Å². The number of fused-ring (bicyclic) bond motifs is 2. The number of ketones is 1. The van der Waals surface area contributed by atoms with Crippen molar-refractivity contribution >= 4 is 27.6 Å². The molecule has 0 spiro atoms. The number of hydrogen-bond acceptors (Lipinski definition) is 2. The van der Waals surface area contributed by atoms with Crippen LogP contribution in [0.25, 0.3) is 0 Å². The van der Waals surface area contributed by atoms with Crippen LogP contribution in [0.2, 0.25) is 0 Å². The van der Waals surface area contributed by atoms with Crippen molar-refractivity contribution in [3.63, 3.8) is 0 Å². The average molecular weight is 424 g/mol. The average Bonchev–Trinajstić information content (AvgIpc) is 3.00. The lowest BCUT2D eigenvalue weighted by Crippen LogP contribution is -2.58. The number of nitrogens with zero attached hydrogens (tertiary/aromatic N) is 1. The van der Waals surface area contributed by atoms with Gasteiger partial charge in [-0.05, 0) is 49.9 Å². The number of carbonyl (C=O) groups excluding carboxylic acids is 2. The third-order valence-electron chi connectivity index (χ3n) is 8.42. The van der Waals surface area contributed by atoms with Crippen LogP contribution in [0, 0.1) is 16.7 Å². The summed E-state index contributed by atoms with van der Waals surface area (Å²) in [4.78, 5) is 29.7. The van der Waals surface area contributed by atoms with Gasteiger partial charge in [-0.15, -0.1) is 0 Å². The highest BCUT2D eigenvalue weighted by Crippen LogP contribution is 2.66. The van der Waals surface area contributed by atoms with Gasteiger partial charge in [0, 0.05) is 12.1 Å². The molecule has 146 valence electrons. The molecule has 4 aliphatic carbocycles. The Morgan fingerprint density at radius 3 is 1.85 bits per heavy atom. The van der Waals surface area contributed by atoms with E-state index in [4.69, 9.17) is 0 Å². The van der Waals surface area contributed by atoms with E-state index in [0.29, 0.717) is 18.0 Å². The first-order chi connectivity index (χ1) is 12.4. The summed E-state index contributed by atoms with van der Waals surface area (Å²) in [7, 11) is 0. The summed E-state index contributed by atoms with van der Waals surface area (Å²) in [6.45, 7) is 4.36. The monoisotopic (exact) mass is 423 g/mol. The largest absolute Gasteiger partial charge is 0.336 e. The third kappa shape index (κ3) is 2.57. The zero-order chi connectivity index (χ0) is 18.5. The van der Waals surface area contributed by atoms with E-state index < -0.39 is 5.41 Å². The molecule has 4 rings (SSSR count). The number of alkyl halides is 1. The van der Waals surface area contributed by atoms with E-state index in [2.05, 4.69) is 34.7 Å². The molecular formula is C22H34BrNO2. The van der Waals surface area contributed by atoms with Gasteiger partial charge in [0.25, 0.3) is 0 Å². The quantitative estimate of drug-likeness (QED) is 0.459. The first kappa shape index (κ1) is 19.0. The van der Waals surface area contributed by atoms with Gasteiger partial charge in [0.2, 0.25) is 5.91 Å². The minimum absolute atomic E-state index is 0.130. The zero-order valence-corrected chi connectivity index (χ0v) is 18.0. The summed E-state index contributed by atoms with van der Waals surface area (Å²) in [5, 5.41) is 0. The SMILES string of the molecule is CC1(C)[C@@H]2CC[C@@]1(C(=O)N(C1CCCCC1)C1CCCCC1)C(=O)[C@H]2Br. The molecule has 3 nitrogen and oxygen atoms in total. The summed E-state index contributed by atoms with van der Waals surface area (Å²) in [6, 6.07) is 0.733. The molecule has 0 aliphatic heterocycles. The molecule has 2 bridgehead atoms. The minimum Gasteiger partial charge on any atom is -0.336 e. The standard InChI is InChI=1S/C22H34BrNO2/c1-21(2)17-13-14-22(21,19(25)18(17)23)20(26)24(15-9-5-3-6-10-15)16-11-7-4-8-12-16/h15-18H,3-14H2,1-2H3/t17-,18+,22+/m1/s1. The molecule has 0 N–H and O–H groups in total. The van der Waals surface area contributed by atoms with Gasteiger partial charge < -0.3 is 4.90 Å². The number of amides is 1. The van der Waals surface area contributed by atoms with Crippen LogP contribution in [0.4, 0.5) is 0 Å². The number of Topliss-reactive ketones (excluding diaryl/α,β-unsaturated/α-hetero) is 1. The maximum absolute atomic E-state index is 14.2. The summed E-state index contributed by atoms with van der Waals surface area (Å²) < 4.78 is 0. The van der Waals surface area contributed by atoms with Gasteiger partial charge in [-0.1, -0.05) is 68.3 Å². The number of carbonyl (C=O) groups is 2. The van der Waals surface area contributed by atoms with E-state index in [1.54, 1.807) is 0 Å². The van der Waals surface area contributed by atoms with Gasteiger partial charge in [-0.2, -0.15) is 0 Å². The molecule has 4 heteroatoms. The van der Waals surface area contributed by atoms with Crippen molar-refractivity contribution in [2.75, 3.05) is 0 Å². The Bertz CT molecular complexity index is 559. The van der Waals surface area contributed by atoms with E-state index in [-0.39, 0.29) is 21.9 Å². The lowest BCUT2D eigenvalue weighted by atomic mass is 9.67. The van der Waals surface area contributed by atoms with E-state index >= 15 is 0 Å². The normalized spacial score (nSPS) is 37.9. The van der Waals surface area contributed by atoms with Crippen LogP contribution in [-0.2, 0) is 9.59 Å². The number of rotatable bonds is 3. The zero-order valence-electron chi connectivity index (χ0n) is 16.4. The van der Waals surface area contributed by atoms with Crippen molar-refractivity contribution < 1.29 is 9.59 Å². The summed E-state index contributed by atoms with van der Waals surface area (Å²) in [6.07, 6.45) is 13.8. The van der Waals surface area contributed by atoms with Gasteiger partial charge in [0.05, 0.1) is 4.83 Å². The summed E-state index contributed by atoms with van der Waals surface area (Å²) in [5.74, 6) is 0.689. The van der Waals surface area contributed by atoms with Crippen molar-refractivity contribution in [3.8, 4) is 0 Å². The summed E-state index contributed by atoms with van der Waals surface area (Å²) in [5.41, 5.74) is -1.00. The molecule has 26 heavy (non-hydrogen) atoms. The fourth-order valence-electron chi connectivity index (χ4n) is 6.80. The van der Waals surface area contributed by atoms with Crippen LogP contribution in [-0.4, -0.2) is 33.5 Å². The Kier molecular flexibility index (Phi) is 5.03. The van der Waals surface area contributed by atoms with Gasteiger partial charge in [0.15, 0.2) is 5.78 Å². The van der Waals surface area contributed by atoms with Crippen molar-refractivity contribution in [2.24, 2.45) is 16.7 Å². The van der Waals surface area contributed by atoms with E-state index in [0.717, 1.165) is 38.5 Å². The highest BCUT2D eigenvalue weighted by atomic mass is 79.9. The van der Waals surface area contributed by atoms with Crippen molar-refractivity contribution in [1.29, 1.82) is 0 Å². The fourth-order valence-corrected chi connectivity index (χ4v) is 8.11. The molecule has 4 aliphatic rings. The molecular weight excluding hydrogens is 390 g/mol. The van der Waals surface area contributed by atoms with Gasteiger partial charge in [-0.3, -0.25) is 9.59 Å². The molecule has 4 fully saturated rings. The highest BCUT2D eigenvalue weighted by Gasteiger charge is 2.72. The minimum atomic E-state index is -0.777. The Morgan fingerprint density at radius 2 is 1.42 bits per heavy atom. The van der Waals surface area contributed by atoms with Crippen molar-refractivity contribution in [2.45, 2.75) is 108 Å². The predicted molar refractivity (Wildman–Crippen MR) is 107 cm³/mol. The lowest BCUT2D eigenvalue weighted by Gasteiger charge is -2.47. The molecule has 0 radical (unpaired) electrons. The van der Waals surface area contributed by atoms with Crippen molar-refractivity contribution in [3.05, 3.63) is 0 Å². The molecule has 1 amide bonds. The lowest BCUT2D eigenvalue weighted by molar-refractivity contribution is -0.158. The van der Waals surface area contributed by atoms with E-state index in [1.165, 1.54) is 38.5 Å². The highest BCUT2D eigenvalue weighted by molar-refractivity contribution is 9.10. The molecule has 4 saturated carbocycles. The van der Waals surface area contributed by atoms with Crippen LogP contribution in [0.5, 0.6) is 0 Å². The molecule has 0 saturated heterocycles. The Hall–Kier alpha value is -0.380. The molecule has 0 aromatic carbocycles. The topological polar surface area (TPSA) is 37.4 Å². The maximum Gasteiger partial charge on any atom is 0.237 e. The molecule has 0 heterocycles. The third-order valence-corrected chi connectivity index (χ3v) is 9.47. The molecule has 0 aromatic rings. The number of halogens is 1. The van der Waals surface area contributed by atoms with Crippen LogP contribution < -0.4 is 0 Å². The van der Waals surface area contributed by atoms with E-state index in [9.17, 15) is 9.59 Å². The van der Waals surface area contributed by atoms with Crippen LogP contribution in [0.3, 0.4) is 0 Å². The maximum atomic E-state index is 14.2. The number of hydrogen-bond donors (Lipinski definition) is 0. The van der Waals surface area contributed by atoms with Gasteiger partial charge in [-0.25, -0.2) is 0 Å². The van der Waals surface area contributed by atoms with Crippen LogP contribution in [0.15, 0.2) is 0 Å². The Morgan fingerprint density at radius 1 is 0.923 bits per heavy atom. The summed E-state index contributed by atoms with van der Waals surface area (Å²) >= 11 is 3.66. The van der Waals surface area contributed by atoms with Gasteiger partial charge in [0.1, 0.15) is 5.41 Å². The molecule has 3 atom stereocenters. The second kappa shape index (κ2) is 6.90. The first-order valence-corrected chi connectivity index (χ1v) is 11.8. The second-order valence-corrected chi connectivity index (χ2v) is 10.8. The molecule has 0 aromatic heterocycles. The smallest absolute Gasteiger partial charge is 0.237 e. The van der Waals surface area contributed by atoms with Crippen molar-refractivity contribution in [1.82, 2.24) is 4.90 Å². The predicted octanol–water partition coefficient (Wildman–Crippen LogP) is 5.25. The molecule has 0 unspecified atom stereocenters. The van der Waals surface area contributed by atoms with E-state index in [1.807, 2.05) is 0 Å². The Balaban J connectivity index is 1.70. The fraction of sp³-hybridized carbons (Fsp3) is 0.909. The van der Waals surface area contributed by atoms with Crippen LogP contribution >= 0.6 is 15.9 Å².